The molecule has 2 saturated carbocycles. The second kappa shape index (κ2) is 3.31. The van der Waals surface area contributed by atoms with Crippen LogP contribution >= 0.6 is 0 Å². The van der Waals surface area contributed by atoms with E-state index in [2.05, 4.69) is 6.92 Å². The van der Waals surface area contributed by atoms with Gasteiger partial charge in [0.2, 0.25) is 0 Å². The van der Waals surface area contributed by atoms with Gasteiger partial charge in [0, 0.05) is 25.2 Å². The predicted molar refractivity (Wildman–Crippen MR) is 59.8 cm³/mol. The number of carbonyl (C=O) groups excluding carboxylic acids is 2. The minimum atomic E-state index is -0.430. The molecule has 2 fully saturated rings. The van der Waals surface area contributed by atoms with Gasteiger partial charge in [-0.2, -0.15) is 0 Å². The predicted octanol–water partition coefficient (Wildman–Crippen LogP) is 2.33. The molecule has 0 amide bonds. The molecule has 0 heterocycles. The molecule has 0 aromatic carbocycles. The maximum atomic E-state index is 11.9. The van der Waals surface area contributed by atoms with Crippen molar-refractivity contribution in [2.24, 2.45) is 17.3 Å². The molecule has 0 radical (unpaired) electrons. The number of esters is 1. The van der Waals surface area contributed by atoms with Crippen molar-refractivity contribution >= 4 is 11.8 Å². The van der Waals surface area contributed by atoms with E-state index in [0.717, 1.165) is 12.8 Å². The van der Waals surface area contributed by atoms with Crippen molar-refractivity contribution in [3.63, 3.8) is 0 Å². The Morgan fingerprint density at radius 3 is 2.62 bits per heavy atom. The minimum Gasteiger partial charge on any atom is -0.459 e. The Bertz CT molecular complexity index is 349. The first-order valence-electron chi connectivity index (χ1n) is 5.99. The van der Waals surface area contributed by atoms with Gasteiger partial charge in [-0.05, 0) is 25.2 Å². The van der Waals surface area contributed by atoms with Gasteiger partial charge in [0.15, 0.2) is 0 Å². The maximum Gasteiger partial charge on any atom is 0.303 e. The van der Waals surface area contributed by atoms with Crippen molar-refractivity contribution in [2.45, 2.75) is 52.6 Å². The van der Waals surface area contributed by atoms with Crippen molar-refractivity contribution in [3.8, 4) is 0 Å². The van der Waals surface area contributed by atoms with E-state index in [0.29, 0.717) is 12.2 Å². The number of hydrogen-bond donors (Lipinski definition) is 0. The summed E-state index contributed by atoms with van der Waals surface area (Å²) in [4.78, 5) is 23.0. The Balaban J connectivity index is 2.29. The molecule has 2 aliphatic carbocycles. The highest BCUT2D eigenvalue weighted by molar-refractivity contribution is 5.83. The molecule has 16 heavy (non-hydrogen) atoms. The zero-order valence-corrected chi connectivity index (χ0v) is 10.5. The monoisotopic (exact) mass is 224 g/mol. The van der Waals surface area contributed by atoms with Crippen LogP contribution in [0.25, 0.3) is 0 Å². The van der Waals surface area contributed by atoms with E-state index in [4.69, 9.17) is 4.74 Å². The van der Waals surface area contributed by atoms with Gasteiger partial charge in [-0.1, -0.05) is 13.8 Å². The lowest BCUT2D eigenvalue weighted by Gasteiger charge is -2.34. The third-order valence-electron chi connectivity index (χ3n) is 4.68. The molecule has 0 aliphatic heterocycles. The summed E-state index contributed by atoms with van der Waals surface area (Å²) in [5.74, 6) is 0.402. The van der Waals surface area contributed by atoms with Gasteiger partial charge in [-0.25, -0.2) is 0 Å². The third-order valence-corrected chi connectivity index (χ3v) is 4.68. The smallest absolute Gasteiger partial charge is 0.303 e. The number of Topliss-reactive ketones (excluding diaryl/α,β-unsaturated/α-hetero) is 1. The van der Waals surface area contributed by atoms with Crippen LogP contribution in [-0.2, 0) is 14.3 Å². The van der Waals surface area contributed by atoms with Gasteiger partial charge in [-0.15, -0.1) is 0 Å². The van der Waals surface area contributed by atoms with Crippen LogP contribution in [0.3, 0.4) is 0 Å². The molecular weight excluding hydrogens is 204 g/mol. The molecule has 0 unspecified atom stereocenters. The highest BCUT2D eigenvalue weighted by Crippen LogP contribution is 2.58. The Labute approximate surface area is 96.5 Å². The zero-order chi connectivity index (χ0) is 12.1. The standard InChI is InChI=1S/C13H20O3/c1-8-11(15)5-10-6-12(8,3)7-13(10,4)16-9(2)14/h8,10H,5-7H2,1-4H3/t8-,10+,12-,13-/m0/s1. The second-order valence-corrected chi connectivity index (χ2v) is 6.03. The summed E-state index contributed by atoms with van der Waals surface area (Å²) >= 11 is 0. The molecule has 2 rings (SSSR count). The van der Waals surface area contributed by atoms with E-state index >= 15 is 0 Å². The maximum absolute atomic E-state index is 11.9. The summed E-state index contributed by atoms with van der Waals surface area (Å²) in [7, 11) is 0. The van der Waals surface area contributed by atoms with Crippen LogP contribution in [0, 0.1) is 17.3 Å². The summed E-state index contributed by atoms with van der Waals surface area (Å²) < 4.78 is 5.48. The molecule has 0 N–H and O–H groups in total. The lowest BCUT2D eigenvalue weighted by Crippen LogP contribution is -2.36. The number of fused-ring (bicyclic) bond motifs is 2. The molecule has 2 aliphatic rings. The number of ether oxygens (including phenoxy) is 1. The summed E-state index contributed by atoms with van der Waals surface area (Å²) in [5.41, 5.74) is -0.412. The molecule has 0 spiro atoms. The molecule has 90 valence electrons. The number of rotatable bonds is 1. The first-order valence-corrected chi connectivity index (χ1v) is 5.99. The van der Waals surface area contributed by atoms with Crippen molar-refractivity contribution in [1.82, 2.24) is 0 Å². The van der Waals surface area contributed by atoms with Gasteiger partial charge >= 0.3 is 5.97 Å². The van der Waals surface area contributed by atoms with E-state index in [1.807, 2.05) is 13.8 Å². The van der Waals surface area contributed by atoms with E-state index in [1.54, 1.807) is 0 Å². The molecule has 2 bridgehead atoms. The molecule has 0 saturated heterocycles. The molecule has 0 aromatic heterocycles. The normalized spacial score (nSPS) is 46.9. The second-order valence-electron chi connectivity index (χ2n) is 6.03. The lowest BCUT2D eigenvalue weighted by atomic mass is 9.69. The summed E-state index contributed by atoms with van der Waals surface area (Å²) in [6, 6.07) is 0. The van der Waals surface area contributed by atoms with E-state index in [1.165, 1.54) is 6.92 Å². The molecule has 3 nitrogen and oxygen atoms in total. The van der Waals surface area contributed by atoms with E-state index < -0.39 is 5.60 Å². The minimum absolute atomic E-state index is 0.0181. The van der Waals surface area contributed by atoms with Gasteiger partial charge < -0.3 is 4.74 Å². The topological polar surface area (TPSA) is 43.4 Å². The van der Waals surface area contributed by atoms with Crippen LogP contribution in [0.4, 0.5) is 0 Å². The van der Waals surface area contributed by atoms with Crippen LogP contribution in [0.1, 0.15) is 47.0 Å². The van der Waals surface area contributed by atoms with Crippen LogP contribution in [0.5, 0.6) is 0 Å². The van der Waals surface area contributed by atoms with Gasteiger partial charge in [0.25, 0.3) is 0 Å². The molecule has 3 heteroatoms. The summed E-state index contributed by atoms with van der Waals surface area (Å²) in [6.07, 6.45) is 2.39. The van der Waals surface area contributed by atoms with Crippen LogP contribution in [0.2, 0.25) is 0 Å². The van der Waals surface area contributed by atoms with E-state index in [9.17, 15) is 9.59 Å². The average molecular weight is 224 g/mol. The summed E-state index contributed by atoms with van der Waals surface area (Å²) in [6.45, 7) is 7.59. The average Bonchev–Trinajstić information content (AvgIpc) is 2.32. The summed E-state index contributed by atoms with van der Waals surface area (Å²) in [5, 5.41) is 0. The van der Waals surface area contributed by atoms with Crippen molar-refractivity contribution in [2.75, 3.05) is 0 Å². The van der Waals surface area contributed by atoms with Gasteiger partial charge in [-0.3, -0.25) is 9.59 Å². The number of hydrogen-bond acceptors (Lipinski definition) is 3. The van der Waals surface area contributed by atoms with Crippen LogP contribution < -0.4 is 0 Å². The first kappa shape index (κ1) is 11.6. The van der Waals surface area contributed by atoms with Gasteiger partial charge in [0.1, 0.15) is 11.4 Å². The Morgan fingerprint density at radius 1 is 1.44 bits per heavy atom. The zero-order valence-electron chi connectivity index (χ0n) is 10.5. The Hall–Kier alpha value is -0.860. The van der Waals surface area contributed by atoms with Crippen molar-refractivity contribution in [1.29, 1.82) is 0 Å². The third kappa shape index (κ3) is 1.57. The molecular formula is C13H20O3. The van der Waals surface area contributed by atoms with Crippen molar-refractivity contribution in [3.05, 3.63) is 0 Å². The molecule has 0 aromatic rings. The molecule has 4 atom stereocenters. The fourth-order valence-corrected chi connectivity index (χ4v) is 3.67. The van der Waals surface area contributed by atoms with Crippen molar-refractivity contribution < 1.29 is 14.3 Å². The largest absolute Gasteiger partial charge is 0.459 e. The lowest BCUT2D eigenvalue weighted by molar-refractivity contribution is -0.159. The highest BCUT2D eigenvalue weighted by atomic mass is 16.6. The van der Waals surface area contributed by atoms with Crippen LogP contribution in [0.15, 0.2) is 0 Å². The van der Waals surface area contributed by atoms with Crippen LogP contribution in [-0.4, -0.2) is 17.4 Å². The fourth-order valence-electron chi connectivity index (χ4n) is 3.67. The number of ketones is 1. The quantitative estimate of drug-likeness (QED) is 0.642. The van der Waals surface area contributed by atoms with E-state index in [-0.39, 0.29) is 23.2 Å². The Morgan fingerprint density at radius 2 is 2.06 bits per heavy atom. The Kier molecular flexibility index (Phi) is 2.41. The van der Waals surface area contributed by atoms with Gasteiger partial charge in [0.05, 0.1) is 0 Å². The highest BCUT2D eigenvalue weighted by Gasteiger charge is 2.58. The fraction of sp³-hybridized carbons (Fsp3) is 0.846. The number of carbonyl (C=O) groups is 2. The SMILES string of the molecule is CC(=O)O[C@@]1(C)C[C@]2(C)C[C@H]1CC(=O)[C@@H]2C. The first-order chi connectivity index (χ1) is 7.27.